The van der Waals surface area contributed by atoms with Crippen LogP contribution in [0.1, 0.15) is 11.1 Å². The number of hydrogen-bond acceptors (Lipinski definition) is 4. The molecule has 1 N–H and O–H groups in total. The van der Waals surface area contributed by atoms with Gasteiger partial charge in [-0.2, -0.15) is 0 Å². The van der Waals surface area contributed by atoms with Gasteiger partial charge in [-0.15, -0.1) is 11.8 Å². The van der Waals surface area contributed by atoms with Crippen molar-refractivity contribution in [1.29, 1.82) is 0 Å². The van der Waals surface area contributed by atoms with Gasteiger partial charge >= 0.3 is 5.97 Å². The number of ether oxygens (including phenoxy) is 2. The molecule has 0 bridgehead atoms. The second-order valence-corrected chi connectivity index (χ2v) is 7.77. The normalized spacial score (nSPS) is 11.2. The van der Waals surface area contributed by atoms with E-state index >= 15 is 0 Å². The van der Waals surface area contributed by atoms with Crippen molar-refractivity contribution >= 4 is 34.9 Å². The van der Waals surface area contributed by atoms with Crippen molar-refractivity contribution < 1.29 is 19.4 Å². The summed E-state index contributed by atoms with van der Waals surface area (Å²) in [5.74, 6) is 0.853. The lowest BCUT2D eigenvalue weighted by atomic mass is 9.97. The quantitative estimate of drug-likeness (QED) is 0.411. The molecule has 0 aliphatic carbocycles. The van der Waals surface area contributed by atoms with Crippen LogP contribution in [-0.2, 0) is 4.79 Å². The summed E-state index contributed by atoms with van der Waals surface area (Å²) in [4.78, 5) is 11.6. The van der Waals surface area contributed by atoms with Crippen LogP contribution in [0.3, 0.4) is 0 Å². The first-order valence-electron chi connectivity index (χ1n) is 9.24. The molecule has 0 spiro atoms. The Labute approximate surface area is 185 Å². The van der Waals surface area contributed by atoms with Crippen LogP contribution in [0.25, 0.3) is 5.57 Å². The van der Waals surface area contributed by atoms with Crippen molar-refractivity contribution in [2.45, 2.75) is 4.90 Å². The number of para-hydroxylation sites is 1. The summed E-state index contributed by atoms with van der Waals surface area (Å²) < 4.78 is 10.7. The van der Waals surface area contributed by atoms with E-state index in [0.717, 1.165) is 27.3 Å². The number of benzene rings is 3. The Morgan fingerprint density at radius 2 is 1.77 bits per heavy atom. The number of rotatable bonds is 9. The summed E-state index contributed by atoms with van der Waals surface area (Å²) in [6.45, 7) is -0.422. The molecule has 0 aliphatic rings. The van der Waals surface area contributed by atoms with E-state index in [1.54, 1.807) is 31.0 Å². The minimum atomic E-state index is -1.04. The first-order chi connectivity index (χ1) is 14.6. The molecule has 0 saturated carbocycles. The molecule has 30 heavy (non-hydrogen) atoms. The molecule has 0 radical (unpaired) electrons. The molecule has 0 heterocycles. The van der Waals surface area contributed by atoms with Gasteiger partial charge in [0.05, 0.1) is 12.1 Å². The number of aliphatic carboxylic acids is 1. The van der Waals surface area contributed by atoms with E-state index in [0.29, 0.717) is 16.5 Å². The third-order valence-corrected chi connectivity index (χ3v) is 5.49. The van der Waals surface area contributed by atoms with Crippen molar-refractivity contribution in [2.24, 2.45) is 0 Å². The largest absolute Gasteiger partial charge is 0.496 e. The van der Waals surface area contributed by atoms with Crippen molar-refractivity contribution in [1.82, 2.24) is 0 Å². The zero-order chi connectivity index (χ0) is 21.3. The fraction of sp³-hybridized carbons (Fsp3) is 0.125. The Morgan fingerprint density at radius 3 is 2.47 bits per heavy atom. The molecule has 4 nitrogen and oxygen atoms in total. The van der Waals surface area contributed by atoms with Gasteiger partial charge < -0.3 is 14.6 Å². The Balaban J connectivity index is 1.80. The lowest BCUT2D eigenvalue weighted by Gasteiger charge is -2.13. The lowest BCUT2D eigenvalue weighted by molar-refractivity contribution is -0.139. The van der Waals surface area contributed by atoms with Crippen LogP contribution in [0.15, 0.2) is 83.8 Å². The summed E-state index contributed by atoms with van der Waals surface area (Å²) in [6, 6.07) is 23.5. The molecule has 3 rings (SSSR count). The SMILES string of the molecule is COc1ccccc1/C(=C\CSc1ccc(OCC(=O)O)c(Cl)c1)c1ccccc1. The first-order valence-corrected chi connectivity index (χ1v) is 10.6. The van der Waals surface area contributed by atoms with Crippen LogP contribution in [0.4, 0.5) is 0 Å². The summed E-state index contributed by atoms with van der Waals surface area (Å²) in [7, 11) is 1.67. The number of methoxy groups -OCH3 is 1. The fourth-order valence-electron chi connectivity index (χ4n) is 2.92. The van der Waals surface area contributed by atoms with Gasteiger partial charge in [-0.05, 0) is 35.4 Å². The average Bonchev–Trinajstić information content (AvgIpc) is 2.76. The van der Waals surface area contributed by atoms with Crippen molar-refractivity contribution in [2.75, 3.05) is 19.5 Å². The summed E-state index contributed by atoms with van der Waals surface area (Å²) in [6.07, 6.45) is 2.17. The maximum Gasteiger partial charge on any atom is 0.341 e. The van der Waals surface area contributed by atoms with Gasteiger partial charge in [-0.3, -0.25) is 0 Å². The van der Waals surface area contributed by atoms with Crippen LogP contribution in [0.2, 0.25) is 5.02 Å². The topological polar surface area (TPSA) is 55.8 Å². The predicted octanol–water partition coefficient (Wildman–Crippen LogP) is 6.04. The monoisotopic (exact) mass is 440 g/mol. The van der Waals surface area contributed by atoms with E-state index in [2.05, 4.69) is 18.2 Å². The molecular formula is C24H21ClO4S. The van der Waals surface area contributed by atoms with Crippen molar-refractivity contribution in [3.8, 4) is 11.5 Å². The van der Waals surface area contributed by atoms with E-state index in [1.807, 2.05) is 48.5 Å². The molecule has 0 amide bonds. The zero-order valence-electron chi connectivity index (χ0n) is 16.4. The molecular weight excluding hydrogens is 420 g/mol. The van der Waals surface area contributed by atoms with Gasteiger partial charge in [0.15, 0.2) is 6.61 Å². The standard InChI is InChI=1S/C24H21ClO4S/c1-28-22-10-6-5-9-20(22)19(17-7-3-2-4-8-17)13-14-30-18-11-12-23(21(25)15-18)29-16-24(26)27/h2-13,15H,14,16H2,1H3,(H,26,27)/b19-13-. The fourth-order valence-corrected chi connectivity index (χ4v) is 4.02. The molecule has 0 fully saturated rings. The molecule has 0 unspecified atom stereocenters. The van der Waals surface area contributed by atoms with Gasteiger partial charge in [0, 0.05) is 16.2 Å². The van der Waals surface area contributed by atoms with Gasteiger partial charge in [0.2, 0.25) is 0 Å². The number of carbonyl (C=O) groups is 1. The molecule has 3 aromatic rings. The number of carboxylic acid groups (broad SMARTS) is 1. The summed E-state index contributed by atoms with van der Waals surface area (Å²) in [5.41, 5.74) is 3.23. The summed E-state index contributed by atoms with van der Waals surface area (Å²) >= 11 is 7.85. The minimum Gasteiger partial charge on any atom is -0.496 e. The van der Waals surface area contributed by atoms with Gasteiger partial charge in [0.25, 0.3) is 0 Å². The number of hydrogen-bond donors (Lipinski definition) is 1. The Kier molecular flexibility index (Phi) is 7.82. The van der Waals surface area contributed by atoms with Crippen molar-refractivity contribution in [3.05, 3.63) is 95.0 Å². The van der Waals surface area contributed by atoms with Crippen LogP contribution < -0.4 is 9.47 Å². The molecule has 0 atom stereocenters. The van der Waals surface area contributed by atoms with Gasteiger partial charge in [-0.25, -0.2) is 4.79 Å². The highest BCUT2D eigenvalue weighted by Gasteiger charge is 2.10. The highest BCUT2D eigenvalue weighted by molar-refractivity contribution is 7.99. The lowest BCUT2D eigenvalue weighted by Crippen LogP contribution is -2.09. The second kappa shape index (κ2) is 10.8. The molecule has 6 heteroatoms. The van der Waals surface area contributed by atoms with E-state index in [9.17, 15) is 4.79 Å². The van der Waals surface area contributed by atoms with E-state index in [1.165, 1.54) is 0 Å². The predicted molar refractivity (Wildman–Crippen MR) is 122 cm³/mol. The van der Waals surface area contributed by atoms with Crippen LogP contribution in [0, 0.1) is 0 Å². The van der Waals surface area contributed by atoms with Crippen LogP contribution in [0.5, 0.6) is 11.5 Å². The maximum atomic E-state index is 10.6. The van der Waals surface area contributed by atoms with Crippen molar-refractivity contribution in [3.63, 3.8) is 0 Å². The number of carboxylic acids is 1. The molecule has 154 valence electrons. The summed E-state index contributed by atoms with van der Waals surface area (Å²) in [5, 5.41) is 9.11. The van der Waals surface area contributed by atoms with E-state index in [4.69, 9.17) is 26.2 Å². The third kappa shape index (κ3) is 5.81. The second-order valence-electron chi connectivity index (χ2n) is 6.27. The van der Waals surface area contributed by atoms with E-state index < -0.39 is 12.6 Å². The zero-order valence-corrected chi connectivity index (χ0v) is 18.0. The number of thioether (sulfide) groups is 1. The van der Waals surface area contributed by atoms with Crippen LogP contribution in [-0.4, -0.2) is 30.5 Å². The molecule has 3 aromatic carbocycles. The number of halogens is 1. The smallest absolute Gasteiger partial charge is 0.341 e. The van der Waals surface area contributed by atoms with Gasteiger partial charge in [0.1, 0.15) is 11.5 Å². The maximum absolute atomic E-state index is 10.6. The van der Waals surface area contributed by atoms with E-state index in [-0.39, 0.29) is 0 Å². The minimum absolute atomic E-state index is 0.359. The average molecular weight is 441 g/mol. The van der Waals surface area contributed by atoms with Gasteiger partial charge in [-0.1, -0.05) is 66.2 Å². The molecule has 0 aromatic heterocycles. The third-order valence-electron chi connectivity index (χ3n) is 4.27. The Bertz CT molecular complexity index is 1030. The molecule has 0 aliphatic heterocycles. The molecule has 0 saturated heterocycles. The highest BCUT2D eigenvalue weighted by atomic mass is 35.5. The first kappa shape index (κ1) is 21.8. The highest BCUT2D eigenvalue weighted by Crippen LogP contribution is 2.33. The Hall–Kier alpha value is -2.89. The Morgan fingerprint density at radius 1 is 1.03 bits per heavy atom. The van der Waals surface area contributed by atoms with Crippen LogP contribution >= 0.6 is 23.4 Å².